The molecule has 0 aliphatic heterocycles. The second-order valence-corrected chi connectivity index (χ2v) is 6.69. The monoisotopic (exact) mass is 395 g/mol. The Bertz CT molecular complexity index is 1150. The molecule has 0 aliphatic carbocycles. The van der Waals surface area contributed by atoms with Crippen molar-refractivity contribution in [2.24, 2.45) is 4.99 Å². The summed E-state index contributed by atoms with van der Waals surface area (Å²) in [6, 6.07) is 28.8. The minimum Gasteiger partial charge on any atom is -0.497 e. The van der Waals surface area contributed by atoms with Crippen molar-refractivity contribution in [1.29, 1.82) is 0 Å². The quantitative estimate of drug-likeness (QED) is 0.332. The number of benzene rings is 3. The summed E-state index contributed by atoms with van der Waals surface area (Å²) in [6.07, 6.45) is 1.71. The second kappa shape index (κ2) is 9.01. The smallest absolute Gasteiger partial charge is 0.202 e. The van der Waals surface area contributed by atoms with Gasteiger partial charge < -0.3 is 4.74 Å². The molecule has 0 spiro atoms. The Balaban J connectivity index is 1.65. The minimum absolute atomic E-state index is 0.0511. The molecule has 0 saturated carbocycles. The summed E-state index contributed by atoms with van der Waals surface area (Å²) in [5.74, 6) is 0.672. The summed E-state index contributed by atoms with van der Waals surface area (Å²) in [4.78, 5) is 17.3. The van der Waals surface area contributed by atoms with Crippen molar-refractivity contribution in [3.63, 3.8) is 0 Å². The maximum Gasteiger partial charge on any atom is 0.202 e. The molecule has 0 amide bonds. The number of methoxy groups -OCH3 is 1. The van der Waals surface area contributed by atoms with Gasteiger partial charge in [0.25, 0.3) is 0 Å². The molecule has 0 radical (unpaired) electrons. The minimum atomic E-state index is -0.0988. The molecule has 1 aromatic heterocycles. The Morgan fingerprint density at radius 1 is 0.967 bits per heavy atom. The zero-order chi connectivity index (χ0) is 20.8. The van der Waals surface area contributed by atoms with Gasteiger partial charge in [0, 0.05) is 11.8 Å². The van der Waals surface area contributed by atoms with Crippen molar-refractivity contribution in [3.05, 3.63) is 102 Å². The normalized spacial score (nSPS) is 11.0. The summed E-state index contributed by atoms with van der Waals surface area (Å²) < 4.78 is 6.91. The Labute approximate surface area is 175 Å². The van der Waals surface area contributed by atoms with E-state index in [1.54, 1.807) is 18.0 Å². The fraction of sp³-hybridized carbons (Fsp3) is 0.0800. The van der Waals surface area contributed by atoms with Gasteiger partial charge in [-0.3, -0.25) is 9.79 Å². The van der Waals surface area contributed by atoms with E-state index in [9.17, 15) is 4.79 Å². The number of hydrogen-bond acceptors (Lipinski definition) is 4. The maximum absolute atomic E-state index is 13.0. The summed E-state index contributed by atoms with van der Waals surface area (Å²) in [5.41, 5.74) is 3.91. The van der Waals surface area contributed by atoms with Crippen molar-refractivity contribution in [3.8, 4) is 22.7 Å². The van der Waals surface area contributed by atoms with E-state index in [4.69, 9.17) is 9.84 Å². The highest BCUT2D eigenvalue weighted by Gasteiger charge is 2.17. The van der Waals surface area contributed by atoms with Crippen molar-refractivity contribution in [1.82, 2.24) is 9.78 Å². The van der Waals surface area contributed by atoms with Gasteiger partial charge in [-0.2, -0.15) is 5.10 Å². The Kier molecular flexibility index (Phi) is 5.80. The number of aliphatic imine (C=N–C) groups is 1. The number of para-hydroxylation sites is 1. The molecule has 30 heavy (non-hydrogen) atoms. The average molecular weight is 395 g/mol. The van der Waals surface area contributed by atoms with Crippen LogP contribution in [-0.2, 0) is 0 Å². The largest absolute Gasteiger partial charge is 0.497 e. The first-order valence-electron chi connectivity index (χ1n) is 9.62. The summed E-state index contributed by atoms with van der Waals surface area (Å²) >= 11 is 0. The van der Waals surface area contributed by atoms with Crippen LogP contribution in [0.5, 0.6) is 5.75 Å². The molecule has 0 saturated heterocycles. The number of hydrogen-bond donors (Lipinski definition) is 0. The fourth-order valence-corrected chi connectivity index (χ4v) is 3.10. The molecule has 0 aliphatic rings. The van der Waals surface area contributed by atoms with Gasteiger partial charge in [0.05, 0.1) is 18.5 Å². The van der Waals surface area contributed by atoms with Crippen molar-refractivity contribution >= 4 is 12.0 Å². The first-order valence-corrected chi connectivity index (χ1v) is 9.62. The number of carbonyl (C=O) groups is 1. The number of ketones is 1. The van der Waals surface area contributed by atoms with E-state index >= 15 is 0 Å². The van der Waals surface area contributed by atoms with Crippen LogP contribution in [0.2, 0.25) is 0 Å². The van der Waals surface area contributed by atoms with Crippen molar-refractivity contribution in [2.75, 3.05) is 13.7 Å². The molecule has 0 bridgehead atoms. The van der Waals surface area contributed by atoms with Crippen LogP contribution < -0.4 is 4.74 Å². The molecule has 1 heterocycles. The highest BCUT2D eigenvalue weighted by atomic mass is 16.5. The molecule has 0 N–H and O–H groups in total. The molecule has 4 aromatic rings. The highest BCUT2D eigenvalue weighted by molar-refractivity contribution is 5.98. The van der Waals surface area contributed by atoms with Gasteiger partial charge in [0.2, 0.25) is 5.78 Å². The first kappa shape index (κ1) is 19.3. The van der Waals surface area contributed by atoms with Crippen LogP contribution >= 0.6 is 0 Å². The third-order valence-electron chi connectivity index (χ3n) is 4.66. The molecule has 0 atom stereocenters. The van der Waals surface area contributed by atoms with Gasteiger partial charge in [-0.05, 0) is 48.0 Å². The van der Waals surface area contributed by atoms with Crippen LogP contribution in [0, 0.1) is 0 Å². The van der Waals surface area contributed by atoms with E-state index in [2.05, 4.69) is 4.99 Å². The van der Waals surface area contributed by atoms with Gasteiger partial charge in [0.1, 0.15) is 18.0 Å². The zero-order valence-corrected chi connectivity index (χ0v) is 16.6. The van der Waals surface area contributed by atoms with Crippen LogP contribution in [0.3, 0.4) is 0 Å². The molecule has 148 valence electrons. The van der Waals surface area contributed by atoms with Gasteiger partial charge in [-0.15, -0.1) is 0 Å². The number of aromatic nitrogens is 2. The van der Waals surface area contributed by atoms with Gasteiger partial charge in [-0.1, -0.05) is 48.5 Å². The lowest BCUT2D eigenvalue weighted by Crippen LogP contribution is -2.11. The van der Waals surface area contributed by atoms with Crippen molar-refractivity contribution in [2.45, 2.75) is 0 Å². The lowest BCUT2D eigenvalue weighted by Gasteiger charge is -2.05. The van der Waals surface area contributed by atoms with E-state index in [0.29, 0.717) is 5.69 Å². The molecular weight excluding hydrogens is 374 g/mol. The first-order chi connectivity index (χ1) is 14.7. The fourth-order valence-electron chi connectivity index (χ4n) is 3.10. The van der Waals surface area contributed by atoms with Crippen LogP contribution in [0.15, 0.2) is 96.0 Å². The lowest BCUT2D eigenvalue weighted by molar-refractivity contribution is 0.0995. The van der Waals surface area contributed by atoms with Gasteiger partial charge in [0.15, 0.2) is 0 Å². The van der Waals surface area contributed by atoms with Crippen LogP contribution in [-0.4, -0.2) is 35.4 Å². The van der Waals surface area contributed by atoms with Crippen LogP contribution in [0.4, 0.5) is 0 Å². The summed E-state index contributed by atoms with van der Waals surface area (Å²) in [5, 5.41) is 4.70. The third-order valence-corrected chi connectivity index (χ3v) is 4.66. The third kappa shape index (κ3) is 4.36. The summed E-state index contributed by atoms with van der Waals surface area (Å²) in [6.45, 7) is 0.0511. The molecule has 4 rings (SSSR count). The maximum atomic E-state index is 13.0. The predicted molar refractivity (Wildman–Crippen MR) is 119 cm³/mol. The molecule has 3 aromatic carbocycles. The van der Waals surface area contributed by atoms with Crippen molar-refractivity contribution < 1.29 is 9.53 Å². The van der Waals surface area contributed by atoms with E-state index in [1.807, 2.05) is 91.0 Å². The average Bonchev–Trinajstić information content (AvgIpc) is 3.26. The van der Waals surface area contributed by atoms with E-state index < -0.39 is 0 Å². The molecule has 0 fully saturated rings. The Morgan fingerprint density at radius 2 is 1.63 bits per heavy atom. The number of carbonyl (C=O) groups excluding carboxylic acids is 1. The van der Waals surface area contributed by atoms with E-state index in [-0.39, 0.29) is 12.3 Å². The second-order valence-electron chi connectivity index (χ2n) is 6.69. The SMILES string of the molecule is COc1ccc(-c2cc(C(=O)CN=Cc3ccccc3)n(-c3ccccc3)n2)cc1. The van der Waals surface area contributed by atoms with E-state index in [1.165, 1.54) is 0 Å². The lowest BCUT2D eigenvalue weighted by atomic mass is 10.1. The predicted octanol–water partition coefficient (Wildman–Crippen LogP) is 4.85. The van der Waals surface area contributed by atoms with Gasteiger partial charge >= 0.3 is 0 Å². The molecule has 5 heteroatoms. The Morgan fingerprint density at radius 3 is 2.30 bits per heavy atom. The number of ether oxygens (including phenoxy) is 1. The Hall–Kier alpha value is -3.99. The molecular formula is C25H21N3O2. The molecule has 5 nitrogen and oxygen atoms in total. The summed E-state index contributed by atoms with van der Waals surface area (Å²) in [7, 11) is 1.63. The highest BCUT2D eigenvalue weighted by Crippen LogP contribution is 2.24. The zero-order valence-electron chi connectivity index (χ0n) is 16.6. The number of Topliss-reactive ketones (excluding diaryl/α,β-unsaturated/α-hetero) is 1. The number of nitrogens with zero attached hydrogens (tertiary/aromatic N) is 3. The van der Waals surface area contributed by atoms with Crippen LogP contribution in [0.1, 0.15) is 16.1 Å². The topological polar surface area (TPSA) is 56.5 Å². The number of rotatable bonds is 7. The standard InChI is InChI=1S/C25H21N3O2/c1-30-22-14-12-20(13-15-22)23-16-24(28(27-23)21-10-6-3-7-11-21)25(29)18-26-17-19-8-4-2-5-9-19/h2-17H,18H2,1H3. The molecule has 0 unspecified atom stereocenters. The van der Waals surface area contributed by atoms with E-state index in [0.717, 1.165) is 28.3 Å². The van der Waals surface area contributed by atoms with Crippen LogP contribution in [0.25, 0.3) is 16.9 Å². The van der Waals surface area contributed by atoms with Gasteiger partial charge in [-0.25, -0.2) is 4.68 Å².